The number of nitrogens with one attached hydrogen (secondary N) is 1. The highest BCUT2D eigenvalue weighted by atomic mass is 16.2. The molecule has 1 rings (SSSR count). The van der Waals surface area contributed by atoms with E-state index in [0.29, 0.717) is 23.3 Å². The van der Waals surface area contributed by atoms with E-state index in [2.05, 4.69) is 39.9 Å². The summed E-state index contributed by atoms with van der Waals surface area (Å²) < 4.78 is 0. The van der Waals surface area contributed by atoms with E-state index in [1.54, 1.807) is 0 Å². The molecule has 0 aliphatic carbocycles. The Bertz CT molecular complexity index is 227. The average Bonchev–Trinajstić information content (AvgIpc) is 2.25. The fourth-order valence-corrected chi connectivity index (χ4v) is 2.52. The summed E-state index contributed by atoms with van der Waals surface area (Å²) in [5.74, 6) is 1.45. The summed E-state index contributed by atoms with van der Waals surface area (Å²) in [4.78, 5) is 11.4. The molecule has 0 bridgehead atoms. The van der Waals surface area contributed by atoms with Gasteiger partial charge in [0.1, 0.15) is 0 Å². The van der Waals surface area contributed by atoms with E-state index in [-0.39, 0.29) is 5.91 Å². The van der Waals surface area contributed by atoms with Crippen molar-refractivity contribution in [1.29, 1.82) is 0 Å². The molecule has 1 saturated heterocycles. The van der Waals surface area contributed by atoms with Crippen LogP contribution < -0.4 is 5.32 Å². The topological polar surface area (TPSA) is 29.1 Å². The minimum absolute atomic E-state index is 0.245. The summed E-state index contributed by atoms with van der Waals surface area (Å²) >= 11 is 0. The molecule has 0 spiro atoms. The minimum atomic E-state index is 0.245. The van der Waals surface area contributed by atoms with Crippen LogP contribution in [0.1, 0.15) is 53.9 Å². The maximum absolute atomic E-state index is 11.4. The summed E-state index contributed by atoms with van der Waals surface area (Å²) in [6, 6.07) is 0.414. The second kappa shape index (κ2) is 4.54. The van der Waals surface area contributed by atoms with E-state index in [1.807, 2.05) is 0 Å². The SMILES string of the molecule is CC(C)CC1NC(=O)CC1CC(C)(C)C. The molecule has 1 N–H and O–H groups in total. The van der Waals surface area contributed by atoms with Crippen molar-refractivity contribution in [2.75, 3.05) is 0 Å². The van der Waals surface area contributed by atoms with Crippen LogP contribution in [0.4, 0.5) is 0 Å². The maximum atomic E-state index is 11.4. The van der Waals surface area contributed by atoms with Gasteiger partial charge >= 0.3 is 0 Å². The fourth-order valence-electron chi connectivity index (χ4n) is 2.52. The van der Waals surface area contributed by atoms with E-state index < -0.39 is 0 Å². The monoisotopic (exact) mass is 211 g/mol. The van der Waals surface area contributed by atoms with Crippen LogP contribution in [0.5, 0.6) is 0 Å². The van der Waals surface area contributed by atoms with Crippen LogP contribution in [0.2, 0.25) is 0 Å². The van der Waals surface area contributed by atoms with Gasteiger partial charge in [0.25, 0.3) is 0 Å². The lowest BCUT2D eigenvalue weighted by molar-refractivity contribution is -0.119. The second-order valence-corrected chi connectivity index (χ2v) is 6.53. The van der Waals surface area contributed by atoms with Crippen molar-refractivity contribution in [3.63, 3.8) is 0 Å². The quantitative estimate of drug-likeness (QED) is 0.764. The van der Waals surface area contributed by atoms with Gasteiger partial charge in [0.15, 0.2) is 0 Å². The molecule has 1 aliphatic rings. The normalized spacial score (nSPS) is 27.2. The van der Waals surface area contributed by atoms with Crippen molar-refractivity contribution in [3.05, 3.63) is 0 Å². The van der Waals surface area contributed by atoms with Gasteiger partial charge in [-0.15, -0.1) is 0 Å². The number of rotatable bonds is 3. The summed E-state index contributed by atoms with van der Waals surface area (Å²) in [5.41, 5.74) is 0.326. The lowest BCUT2D eigenvalue weighted by Gasteiger charge is -2.27. The summed E-state index contributed by atoms with van der Waals surface area (Å²) in [7, 11) is 0. The molecule has 1 fully saturated rings. The van der Waals surface area contributed by atoms with Gasteiger partial charge < -0.3 is 5.32 Å². The van der Waals surface area contributed by atoms with E-state index in [1.165, 1.54) is 0 Å². The standard InChI is InChI=1S/C13H25NO/c1-9(2)6-11-10(7-12(15)14-11)8-13(3,4)5/h9-11H,6-8H2,1-5H3,(H,14,15). The van der Waals surface area contributed by atoms with Crippen molar-refractivity contribution in [3.8, 4) is 0 Å². The molecule has 1 heterocycles. The van der Waals surface area contributed by atoms with Crippen molar-refractivity contribution >= 4 is 5.91 Å². The number of hydrogen-bond acceptors (Lipinski definition) is 1. The molecule has 2 unspecified atom stereocenters. The third-order valence-electron chi connectivity index (χ3n) is 2.96. The Labute approximate surface area is 93.8 Å². The van der Waals surface area contributed by atoms with Gasteiger partial charge in [-0.2, -0.15) is 0 Å². The zero-order valence-electron chi connectivity index (χ0n) is 10.8. The van der Waals surface area contributed by atoms with E-state index >= 15 is 0 Å². The van der Waals surface area contributed by atoms with Gasteiger partial charge in [0.05, 0.1) is 0 Å². The van der Waals surface area contributed by atoms with E-state index in [0.717, 1.165) is 19.3 Å². The van der Waals surface area contributed by atoms with Gasteiger partial charge in [0.2, 0.25) is 5.91 Å². The van der Waals surface area contributed by atoms with Gasteiger partial charge in [-0.3, -0.25) is 4.79 Å². The Hall–Kier alpha value is -0.530. The third-order valence-corrected chi connectivity index (χ3v) is 2.96. The first-order valence-electron chi connectivity index (χ1n) is 6.07. The molecule has 88 valence electrons. The first-order chi connectivity index (χ1) is 6.78. The molecular formula is C13H25NO. The van der Waals surface area contributed by atoms with Crippen LogP contribution in [0, 0.1) is 17.3 Å². The smallest absolute Gasteiger partial charge is 0.220 e. The molecule has 2 atom stereocenters. The molecule has 2 heteroatoms. The molecule has 2 nitrogen and oxygen atoms in total. The predicted molar refractivity (Wildman–Crippen MR) is 63.6 cm³/mol. The highest BCUT2D eigenvalue weighted by Gasteiger charge is 2.34. The van der Waals surface area contributed by atoms with Crippen LogP contribution in [0.3, 0.4) is 0 Å². The van der Waals surface area contributed by atoms with Gasteiger partial charge in [-0.25, -0.2) is 0 Å². The van der Waals surface area contributed by atoms with E-state index in [9.17, 15) is 4.79 Å². The summed E-state index contributed by atoms with van der Waals surface area (Å²) in [6.45, 7) is 11.2. The molecule has 15 heavy (non-hydrogen) atoms. The van der Waals surface area contributed by atoms with Crippen molar-refractivity contribution in [1.82, 2.24) is 5.32 Å². The molecule has 0 aromatic rings. The fraction of sp³-hybridized carbons (Fsp3) is 0.923. The number of carbonyl (C=O) groups is 1. The highest BCUT2D eigenvalue weighted by molar-refractivity contribution is 5.79. The largest absolute Gasteiger partial charge is 0.353 e. The second-order valence-electron chi connectivity index (χ2n) is 6.53. The van der Waals surface area contributed by atoms with Crippen LogP contribution in [0.25, 0.3) is 0 Å². The molecule has 1 amide bonds. The Kier molecular flexibility index (Phi) is 3.80. The number of amides is 1. The van der Waals surface area contributed by atoms with Crippen LogP contribution in [-0.2, 0) is 4.79 Å². The first kappa shape index (κ1) is 12.5. The number of hydrogen-bond donors (Lipinski definition) is 1. The van der Waals surface area contributed by atoms with Crippen LogP contribution in [-0.4, -0.2) is 11.9 Å². The Morgan fingerprint density at radius 2 is 2.00 bits per heavy atom. The predicted octanol–water partition coefficient (Wildman–Crippen LogP) is 2.97. The lowest BCUT2D eigenvalue weighted by Crippen LogP contribution is -2.31. The zero-order chi connectivity index (χ0) is 11.6. The molecular weight excluding hydrogens is 186 g/mol. The summed E-state index contributed by atoms with van der Waals surface area (Å²) in [6.07, 6.45) is 2.99. The maximum Gasteiger partial charge on any atom is 0.220 e. The lowest BCUT2D eigenvalue weighted by atomic mass is 9.79. The van der Waals surface area contributed by atoms with Crippen molar-refractivity contribution in [2.45, 2.75) is 59.9 Å². The Morgan fingerprint density at radius 1 is 1.40 bits per heavy atom. The zero-order valence-corrected chi connectivity index (χ0v) is 10.8. The Balaban J connectivity index is 2.57. The molecule has 1 aliphatic heterocycles. The summed E-state index contributed by atoms with van der Waals surface area (Å²) in [5, 5.41) is 3.12. The first-order valence-corrected chi connectivity index (χ1v) is 6.07. The van der Waals surface area contributed by atoms with Gasteiger partial charge in [-0.1, -0.05) is 34.6 Å². The molecule has 0 saturated carbocycles. The van der Waals surface area contributed by atoms with Crippen molar-refractivity contribution in [2.24, 2.45) is 17.3 Å². The van der Waals surface area contributed by atoms with Crippen LogP contribution >= 0.6 is 0 Å². The van der Waals surface area contributed by atoms with Gasteiger partial charge in [-0.05, 0) is 30.1 Å². The van der Waals surface area contributed by atoms with Crippen LogP contribution in [0.15, 0.2) is 0 Å². The van der Waals surface area contributed by atoms with Gasteiger partial charge in [0, 0.05) is 12.5 Å². The molecule has 0 radical (unpaired) electrons. The number of carbonyl (C=O) groups excluding carboxylic acids is 1. The third kappa shape index (κ3) is 4.23. The molecule has 0 aromatic carbocycles. The van der Waals surface area contributed by atoms with Crippen molar-refractivity contribution < 1.29 is 4.79 Å². The van der Waals surface area contributed by atoms with E-state index in [4.69, 9.17) is 0 Å². The average molecular weight is 211 g/mol. The highest BCUT2D eigenvalue weighted by Crippen LogP contribution is 2.33. The Morgan fingerprint density at radius 3 is 2.47 bits per heavy atom. The minimum Gasteiger partial charge on any atom is -0.353 e. The molecule has 0 aromatic heterocycles.